The maximum Gasteiger partial charge on any atom is 0.214 e. The Hall–Kier alpha value is -0.130. The fraction of sp³-hybridized carbons (Fsp3) is 1.00. The van der Waals surface area contributed by atoms with Crippen molar-refractivity contribution in [3.8, 4) is 0 Å². The smallest absolute Gasteiger partial charge is 0.214 e. The molecule has 2 saturated heterocycles. The molecule has 118 valence electrons. The van der Waals surface area contributed by atoms with E-state index in [9.17, 15) is 8.42 Å². The van der Waals surface area contributed by atoms with Crippen molar-refractivity contribution in [2.45, 2.75) is 77.9 Å². The lowest BCUT2D eigenvalue weighted by Gasteiger charge is -2.38. The van der Waals surface area contributed by atoms with Crippen LogP contribution >= 0.6 is 0 Å². The van der Waals surface area contributed by atoms with Gasteiger partial charge in [-0.3, -0.25) is 0 Å². The Kier molecular flexibility index (Phi) is 4.82. The van der Waals surface area contributed by atoms with Crippen LogP contribution in [0.25, 0.3) is 0 Å². The van der Waals surface area contributed by atoms with Gasteiger partial charge < -0.3 is 5.32 Å². The maximum absolute atomic E-state index is 12.8. The lowest BCUT2D eigenvalue weighted by atomic mass is 10.00. The molecule has 2 atom stereocenters. The normalized spacial score (nSPS) is 30.9. The highest BCUT2D eigenvalue weighted by Crippen LogP contribution is 2.32. The molecule has 1 N–H and O–H groups in total. The Bertz CT molecular complexity index is 416. The summed E-state index contributed by atoms with van der Waals surface area (Å²) in [6, 6.07) is 1.27. The third kappa shape index (κ3) is 3.95. The van der Waals surface area contributed by atoms with Crippen LogP contribution < -0.4 is 5.32 Å². The number of hydrogen-bond acceptors (Lipinski definition) is 3. The number of fused-ring (bicyclic) bond motifs is 2. The molecular weight excluding hydrogens is 272 g/mol. The summed E-state index contributed by atoms with van der Waals surface area (Å²) in [6.07, 6.45) is 5.28. The van der Waals surface area contributed by atoms with Crippen LogP contribution in [0.4, 0.5) is 0 Å². The molecule has 2 fully saturated rings. The van der Waals surface area contributed by atoms with E-state index in [1.54, 1.807) is 0 Å². The summed E-state index contributed by atoms with van der Waals surface area (Å²) in [5.41, 5.74) is -0.184. The quantitative estimate of drug-likeness (QED) is 0.848. The molecule has 4 nitrogen and oxygen atoms in total. The van der Waals surface area contributed by atoms with Gasteiger partial charge in [-0.25, -0.2) is 8.42 Å². The Morgan fingerprint density at radius 1 is 1.15 bits per heavy atom. The minimum atomic E-state index is -3.16. The van der Waals surface area contributed by atoms with E-state index >= 15 is 0 Å². The van der Waals surface area contributed by atoms with Crippen LogP contribution in [0.2, 0.25) is 0 Å². The predicted molar refractivity (Wildman–Crippen MR) is 83.2 cm³/mol. The second-order valence-electron chi connectivity index (χ2n) is 7.69. The number of sulfonamides is 1. The summed E-state index contributed by atoms with van der Waals surface area (Å²) in [5.74, 6) is 0.249. The second-order valence-corrected chi connectivity index (χ2v) is 9.61. The summed E-state index contributed by atoms with van der Waals surface area (Å²) in [4.78, 5) is 0. The van der Waals surface area contributed by atoms with Crippen LogP contribution in [0.1, 0.15) is 59.8 Å². The monoisotopic (exact) mass is 302 g/mol. The molecule has 0 aliphatic carbocycles. The molecule has 0 radical (unpaired) electrons. The van der Waals surface area contributed by atoms with E-state index < -0.39 is 10.0 Å². The van der Waals surface area contributed by atoms with E-state index in [-0.39, 0.29) is 17.2 Å². The van der Waals surface area contributed by atoms with Crippen molar-refractivity contribution in [2.24, 2.45) is 5.41 Å². The van der Waals surface area contributed by atoms with Gasteiger partial charge in [-0.15, -0.1) is 0 Å². The minimum Gasteiger partial charge on any atom is -0.311 e. The molecule has 2 bridgehead atoms. The first-order valence-electron chi connectivity index (χ1n) is 7.97. The molecule has 5 heteroatoms. The molecule has 2 heterocycles. The molecule has 0 aromatic rings. The van der Waals surface area contributed by atoms with Crippen molar-refractivity contribution in [1.29, 1.82) is 0 Å². The number of rotatable bonds is 5. The van der Waals surface area contributed by atoms with E-state index in [2.05, 4.69) is 12.2 Å². The van der Waals surface area contributed by atoms with Gasteiger partial charge >= 0.3 is 0 Å². The number of nitrogens with one attached hydrogen (secondary N) is 1. The molecule has 0 aromatic carbocycles. The molecule has 2 rings (SSSR count). The van der Waals surface area contributed by atoms with Gasteiger partial charge in [0.2, 0.25) is 10.0 Å². The summed E-state index contributed by atoms with van der Waals surface area (Å²) in [7, 11) is -3.16. The summed E-state index contributed by atoms with van der Waals surface area (Å²) in [6.45, 7) is 8.74. The van der Waals surface area contributed by atoms with Gasteiger partial charge in [0, 0.05) is 24.7 Å². The van der Waals surface area contributed by atoms with Crippen LogP contribution in [0.5, 0.6) is 0 Å². The second kappa shape index (κ2) is 5.93. The zero-order chi connectivity index (χ0) is 15.0. The average molecular weight is 302 g/mol. The van der Waals surface area contributed by atoms with E-state index in [4.69, 9.17) is 0 Å². The van der Waals surface area contributed by atoms with Crippen LogP contribution in [0.15, 0.2) is 0 Å². The topological polar surface area (TPSA) is 49.4 Å². The highest BCUT2D eigenvalue weighted by Gasteiger charge is 2.40. The zero-order valence-corrected chi connectivity index (χ0v) is 14.2. The number of hydrogen-bond donors (Lipinski definition) is 1. The van der Waals surface area contributed by atoms with E-state index in [1.807, 2.05) is 25.1 Å². The van der Waals surface area contributed by atoms with Crippen LogP contribution in [-0.2, 0) is 10.0 Å². The summed E-state index contributed by atoms with van der Waals surface area (Å²) >= 11 is 0. The Labute approximate surface area is 124 Å². The molecule has 2 aliphatic rings. The molecule has 20 heavy (non-hydrogen) atoms. The molecule has 0 amide bonds. The minimum absolute atomic E-state index is 0.184. The first-order chi connectivity index (χ1) is 9.21. The fourth-order valence-electron chi connectivity index (χ4n) is 3.66. The van der Waals surface area contributed by atoms with Crippen LogP contribution in [-0.4, -0.2) is 43.1 Å². The van der Waals surface area contributed by atoms with Gasteiger partial charge in [-0.2, -0.15) is 4.31 Å². The summed E-state index contributed by atoms with van der Waals surface area (Å²) in [5, 5.41) is 3.60. The Morgan fingerprint density at radius 3 is 2.15 bits per heavy atom. The average Bonchev–Trinajstić information content (AvgIpc) is 2.62. The third-order valence-corrected chi connectivity index (χ3v) is 6.70. The standard InChI is InChI=1S/C15H30N2O2S/c1-5-8-17(20(18,19)11-15(2,3)4)14-9-12-6-7-13(10-14)16-12/h12-14,16H,5-11H2,1-4H3. The van der Waals surface area contributed by atoms with Crippen LogP contribution in [0.3, 0.4) is 0 Å². The lowest BCUT2D eigenvalue weighted by molar-refractivity contribution is 0.224. The van der Waals surface area contributed by atoms with Gasteiger partial charge in [-0.1, -0.05) is 27.7 Å². The molecule has 2 aliphatic heterocycles. The highest BCUT2D eigenvalue weighted by atomic mass is 32.2. The predicted octanol–water partition coefficient (Wildman–Crippen LogP) is 2.36. The first-order valence-corrected chi connectivity index (χ1v) is 9.58. The van der Waals surface area contributed by atoms with Crippen molar-refractivity contribution in [1.82, 2.24) is 9.62 Å². The lowest BCUT2D eigenvalue weighted by Crippen LogP contribution is -2.51. The van der Waals surface area contributed by atoms with E-state index in [0.717, 1.165) is 19.3 Å². The zero-order valence-electron chi connectivity index (χ0n) is 13.4. The van der Waals surface area contributed by atoms with Crippen molar-refractivity contribution in [3.05, 3.63) is 0 Å². The fourth-order valence-corrected chi connectivity index (χ4v) is 6.01. The molecule has 0 saturated carbocycles. The van der Waals surface area contributed by atoms with E-state index in [1.165, 1.54) is 12.8 Å². The molecule has 2 unspecified atom stereocenters. The summed E-state index contributed by atoms with van der Waals surface area (Å²) < 4.78 is 27.4. The van der Waals surface area contributed by atoms with Gasteiger partial charge in [0.25, 0.3) is 0 Å². The highest BCUT2D eigenvalue weighted by molar-refractivity contribution is 7.89. The van der Waals surface area contributed by atoms with Crippen LogP contribution in [0, 0.1) is 5.41 Å². The molecule has 0 aromatic heterocycles. The SMILES string of the molecule is CCCN(C1CC2CCC(C1)N2)S(=O)(=O)CC(C)(C)C. The Morgan fingerprint density at radius 2 is 1.70 bits per heavy atom. The maximum atomic E-state index is 12.8. The van der Waals surface area contributed by atoms with Crippen molar-refractivity contribution in [2.75, 3.05) is 12.3 Å². The number of piperidine rings is 1. The van der Waals surface area contributed by atoms with Gasteiger partial charge in [0.1, 0.15) is 0 Å². The largest absolute Gasteiger partial charge is 0.311 e. The van der Waals surface area contributed by atoms with Gasteiger partial charge in [0.15, 0.2) is 0 Å². The van der Waals surface area contributed by atoms with Gasteiger partial charge in [0.05, 0.1) is 5.75 Å². The molecular formula is C15H30N2O2S. The van der Waals surface area contributed by atoms with Crippen molar-refractivity contribution >= 4 is 10.0 Å². The molecule has 0 spiro atoms. The first kappa shape index (κ1) is 16.2. The third-order valence-electron chi connectivity index (χ3n) is 4.27. The van der Waals surface area contributed by atoms with Gasteiger partial charge in [-0.05, 0) is 37.5 Å². The number of nitrogens with zero attached hydrogens (tertiary/aromatic N) is 1. The Balaban J connectivity index is 2.14. The van der Waals surface area contributed by atoms with Crippen molar-refractivity contribution in [3.63, 3.8) is 0 Å². The van der Waals surface area contributed by atoms with Crippen molar-refractivity contribution < 1.29 is 8.42 Å². The van der Waals surface area contributed by atoms with E-state index in [0.29, 0.717) is 18.6 Å².